The van der Waals surface area contributed by atoms with Crippen LogP contribution in [0.1, 0.15) is 0 Å². The molecule has 0 atom stereocenters. The maximum atomic E-state index is 5.95. The summed E-state index contributed by atoms with van der Waals surface area (Å²) in [5.74, 6) is 0. The molecule has 1 aliphatic rings. The fourth-order valence-corrected chi connectivity index (χ4v) is 2.36. The van der Waals surface area contributed by atoms with Gasteiger partial charge in [-0.25, -0.2) is 0 Å². The maximum Gasteiger partial charge on any atom is 0.0710 e. The fraction of sp³-hybridized carbons (Fsp3) is 0.125. The van der Waals surface area contributed by atoms with Crippen LogP contribution in [0.2, 0.25) is 0 Å². The van der Waals surface area contributed by atoms with Gasteiger partial charge >= 0.3 is 0 Å². The number of rotatable bonds is 1. The summed E-state index contributed by atoms with van der Waals surface area (Å²) in [5, 5.41) is 0. The van der Waals surface area contributed by atoms with E-state index in [4.69, 9.17) is 5.73 Å². The summed E-state index contributed by atoms with van der Waals surface area (Å²) in [5.41, 5.74) is 10.2. The van der Waals surface area contributed by atoms with Crippen LogP contribution in [-0.4, -0.2) is 13.6 Å². The van der Waals surface area contributed by atoms with Crippen LogP contribution in [0.4, 0.5) is 22.7 Å². The van der Waals surface area contributed by atoms with Crippen LogP contribution in [-0.2, 0) is 0 Å². The maximum absolute atomic E-state index is 5.95. The second-order valence-corrected chi connectivity index (χ2v) is 4.72. The summed E-state index contributed by atoms with van der Waals surface area (Å²) in [7, 11) is 2.09. The molecular formula is C16H17N3. The minimum Gasteiger partial charge on any atom is -0.399 e. The van der Waals surface area contributed by atoms with Crippen molar-refractivity contribution in [1.29, 1.82) is 0 Å². The lowest BCUT2D eigenvalue weighted by Crippen LogP contribution is -2.17. The van der Waals surface area contributed by atoms with E-state index < -0.39 is 0 Å². The van der Waals surface area contributed by atoms with Crippen molar-refractivity contribution in [3.8, 4) is 0 Å². The normalized spacial score (nSPS) is 14.2. The first-order chi connectivity index (χ1) is 9.25. The van der Waals surface area contributed by atoms with Crippen molar-refractivity contribution in [2.45, 2.75) is 0 Å². The van der Waals surface area contributed by atoms with Gasteiger partial charge in [0.25, 0.3) is 0 Å². The molecule has 0 saturated heterocycles. The molecule has 0 aromatic heterocycles. The van der Waals surface area contributed by atoms with Gasteiger partial charge in [0.2, 0.25) is 0 Å². The van der Waals surface area contributed by atoms with Gasteiger partial charge in [-0.05, 0) is 36.4 Å². The third-order valence-electron chi connectivity index (χ3n) is 3.34. The molecule has 0 aliphatic carbocycles. The molecule has 19 heavy (non-hydrogen) atoms. The van der Waals surface area contributed by atoms with Crippen molar-refractivity contribution in [2.24, 2.45) is 0 Å². The van der Waals surface area contributed by atoms with E-state index in [1.54, 1.807) is 0 Å². The van der Waals surface area contributed by atoms with Crippen molar-refractivity contribution >= 4 is 22.7 Å². The Morgan fingerprint density at radius 1 is 1.00 bits per heavy atom. The number of nitrogens with zero attached hydrogens (tertiary/aromatic N) is 2. The highest BCUT2D eigenvalue weighted by atomic mass is 15.2. The summed E-state index contributed by atoms with van der Waals surface area (Å²) in [4.78, 5) is 4.39. The fourth-order valence-electron chi connectivity index (χ4n) is 2.36. The zero-order chi connectivity index (χ0) is 13.2. The van der Waals surface area contributed by atoms with E-state index in [2.05, 4.69) is 47.3 Å². The number of benzene rings is 2. The zero-order valence-electron chi connectivity index (χ0n) is 11.0. The molecule has 0 bridgehead atoms. The Kier molecular flexibility index (Phi) is 2.88. The molecule has 2 aromatic rings. The van der Waals surface area contributed by atoms with Crippen LogP contribution in [0.3, 0.4) is 0 Å². The number of nitrogens with two attached hydrogens (primary N) is 1. The van der Waals surface area contributed by atoms with E-state index in [-0.39, 0.29) is 0 Å². The molecule has 0 unspecified atom stereocenters. The molecular weight excluding hydrogens is 234 g/mol. The number of nitrogen functional groups attached to an aromatic ring is 1. The Bertz CT molecular complexity index is 605. The summed E-state index contributed by atoms with van der Waals surface area (Å²) < 4.78 is 0. The molecule has 3 rings (SSSR count). The van der Waals surface area contributed by atoms with E-state index in [0.29, 0.717) is 0 Å². The standard InChI is InChI=1S/C16H17N3/c1-18-10-5-11-19(14-6-3-2-4-7-14)16-12-13(17)8-9-15(16)18/h2-9,11-12H,10,17H2,1H3. The van der Waals surface area contributed by atoms with E-state index in [1.165, 1.54) is 5.69 Å². The van der Waals surface area contributed by atoms with Gasteiger partial charge in [-0.2, -0.15) is 0 Å². The van der Waals surface area contributed by atoms with Gasteiger partial charge < -0.3 is 15.5 Å². The number of anilines is 4. The van der Waals surface area contributed by atoms with E-state index in [1.807, 2.05) is 30.3 Å². The molecule has 1 aliphatic heterocycles. The van der Waals surface area contributed by atoms with Crippen molar-refractivity contribution in [3.63, 3.8) is 0 Å². The number of fused-ring (bicyclic) bond motifs is 1. The van der Waals surface area contributed by atoms with Gasteiger partial charge in [0.05, 0.1) is 11.4 Å². The number of hydrogen-bond acceptors (Lipinski definition) is 3. The first kappa shape index (κ1) is 11.7. The predicted molar refractivity (Wildman–Crippen MR) is 81.8 cm³/mol. The van der Waals surface area contributed by atoms with E-state index in [0.717, 1.165) is 23.6 Å². The smallest absolute Gasteiger partial charge is 0.0710 e. The average Bonchev–Trinajstić information content (AvgIpc) is 2.59. The van der Waals surface area contributed by atoms with Crippen molar-refractivity contribution in [1.82, 2.24) is 0 Å². The van der Waals surface area contributed by atoms with E-state index in [9.17, 15) is 0 Å². The van der Waals surface area contributed by atoms with Crippen molar-refractivity contribution in [3.05, 3.63) is 60.8 Å². The Balaban J connectivity index is 2.16. The van der Waals surface area contributed by atoms with Crippen LogP contribution >= 0.6 is 0 Å². The van der Waals surface area contributed by atoms with Crippen LogP contribution < -0.4 is 15.5 Å². The molecule has 3 heteroatoms. The molecule has 0 spiro atoms. The number of hydrogen-bond donors (Lipinski definition) is 1. The quantitative estimate of drug-likeness (QED) is 0.789. The second kappa shape index (κ2) is 4.69. The third kappa shape index (κ3) is 2.15. The Morgan fingerprint density at radius 3 is 2.58 bits per heavy atom. The van der Waals surface area contributed by atoms with Gasteiger partial charge in [0.15, 0.2) is 0 Å². The molecule has 96 valence electrons. The molecule has 1 heterocycles. The lowest BCUT2D eigenvalue weighted by atomic mass is 10.2. The van der Waals surface area contributed by atoms with Crippen molar-refractivity contribution in [2.75, 3.05) is 29.1 Å². The summed E-state index contributed by atoms with van der Waals surface area (Å²) in [6, 6.07) is 16.4. The minimum absolute atomic E-state index is 0.781. The summed E-state index contributed by atoms with van der Waals surface area (Å²) in [6.07, 6.45) is 4.26. The lowest BCUT2D eigenvalue weighted by molar-refractivity contribution is 1.04. The highest BCUT2D eigenvalue weighted by Gasteiger charge is 2.16. The van der Waals surface area contributed by atoms with Gasteiger partial charge in [-0.15, -0.1) is 0 Å². The number of para-hydroxylation sites is 1. The Labute approximate surface area is 113 Å². The largest absolute Gasteiger partial charge is 0.399 e. The van der Waals surface area contributed by atoms with E-state index >= 15 is 0 Å². The van der Waals surface area contributed by atoms with Crippen LogP contribution in [0, 0.1) is 0 Å². The second-order valence-electron chi connectivity index (χ2n) is 4.72. The zero-order valence-corrected chi connectivity index (χ0v) is 11.0. The molecule has 0 fully saturated rings. The third-order valence-corrected chi connectivity index (χ3v) is 3.34. The number of likely N-dealkylation sites (N-methyl/N-ethyl adjacent to an activating group) is 1. The van der Waals surface area contributed by atoms with Crippen LogP contribution in [0.25, 0.3) is 0 Å². The van der Waals surface area contributed by atoms with Crippen LogP contribution in [0.5, 0.6) is 0 Å². The highest BCUT2D eigenvalue weighted by molar-refractivity contribution is 5.82. The highest BCUT2D eigenvalue weighted by Crippen LogP contribution is 2.37. The lowest BCUT2D eigenvalue weighted by Gasteiger charge is -2.25. The monoisotopic (exact) mass is 251 g/mol. The minimum atomic E-state index is 0.781. The van der Waals surface area contributed by atoms with Crippen molar-refractivity contribution < 1.29 is 0 Å². The average molecular weight is 251 g/mol. The Hall–Kier alpha value is -2.42. The van der Waals surface area contributed by atoms with Gasteiger partial charge in [0.1, 0.15) is 0 Å². The topological polar surface area (TPSA) is 32.5 Å². The molecule has 0 radical (unpaired) electrons. The molecule has 3 nitrogen and oxygen atoms in total. The molecule has 2 N–H and O–H groups in total. The summed E-state index contributed by atoms with van der Waals surface area (Å²) >= 11 is 0. The van der Waals surface area contributed by atoms with Gasteiger partial charge in [0, 0.05) is 31.2 Å². The SMILES string of the molecule is CN1CC=CN(c2ccccc2)c2cc(N)ccc21. The van der Waals surface area contributed by atoms with Crippen LogP contribution in [0.15, 0.2) is 60.8 Å². The molecule has 0 saturated carbocycles. The first-order valence-corrected chi connectivity index (χ1v) is 6.37. The Morgan fingerprint density at radius 2 is 1.79 bits per heavy atom. The summed E-state index contributed by atoms with van der Waals surface area (Å²) in [6.45, 7) is 0.889. The first-order valence-electron chi connectivity index (χ1n) is 6.37. The van der Waals surface area contributed by atoms with Gasteiger partial charge in [-0.1, -0.05) is 18.2 Å². The predicted octanol–water partition coefficient (Wildman–Crippen LogP) is 3.37. The molecule has 0 amide bonds. The van der Waals surface area contributed by atoms with Gasteiger partial charge in [-0.3, -0.25) is 0 Å². The molecule has 2 aromatic carbocycles.